The SMILES string of the molecule is Cc1cc(C)cc(-c2c(C(=N)OCC(C)(C)C)c([Se])cc3ccccc23)c1. The number of ether oxygens (including phenoxy) is 1. The fraction of sp³-hybridized carbons (Fsp3) is 0.292. The molecule has 3 heteroatoms. The first-order chi connectivity index (χ1) is 12.7. The maximum atomic E-state index is 8.68. The standard InChI is InChI=1S/C24H26NOSe/c1-15-10-16(2)12-18(11-15)21-19-9-7-6-8-17(19)13-20(27)22(21)23(25)26-14-24(3,4)5/h6-13,25H,14H2,1-5H3. The summed E-state index contributed by atoms with van der Waals surface area (Å²) in [5.41, 5.74) is 5.46. The van der Waals surface area contributed by atoms with Gasteiger partial charge in [-0.1, -0.05) is 0 Å². The van der Waals surface area contributed by atoms with E-state index in [-0.39, 0.29) is 11.3 Å². The molecule has 27 heavy (non-hydrogen) atoms. The van der Waals surface area contributed by atoms with E-state index in [0.717, 1.165) is 31.9 Å². The van der Waals surface area contributed by atoms with E-state index >= 15 is 0 Å². The van der Waals surface area contributed by atoms with Crippen LogP contribution >= 0.6 is 0 Å². The molecular formula is C24H26NOSe. The molecule has 0 heterocycles. The number of fused-ring (bicyclic) bond motifs is 1. The summed E-state index contributed by atoms with van der Waals surface area (Å²) in [5.74, 6) is 0.221. The monoisotopic (exact) mass is 424 g/mol. The summed E-state index contributed by atoms with van der Waals surface area (Å²) in [7, 11) is 0. The van der Waals surface area contributed by atoms with E-state index < -0.39 is 0 Å². The van der Waals surface area contributed by atoms with Crippen LogP contribution in [0.3, 0.4) is 0 Å². The third-order valence-electron chi connectivity index (χ3n) is 4.40. The fourth-order valence-corrected chi connectivity index (χ4v) is 4.00. The fourth-order valence-electron chi connectivity index (χ4n) is 3.33. The van der Waals surface area contributed by atoms with Crippen LogP contribution in [0.25, 0.3) is 21.9 Å². The van der Waals surface area contributed by atoms with Gasteiger partial charge in [0.25, 0.3) is 0 Å². The summed E-state index contributed by atoms with van der Waals surface area (Å²) < 4.78 is 6.85. The molecule has 0 aliphatic carbocycles. The summed E-state index contributed by atoms with van der Waals surface area (Å²) in [6, 6.07) is 17.0. The Balaban J connectivity index is 2.26. The van der Waals surface area contributed by atoms with Gasteiger partial charge in [-0.05, 0) is 0 Å². The molecule has 139 valence electrons. The Morgan fingerprint density at radius 2 is 1.63 bits per heavy atom. The number of hydrogen-bond donors (Lipinski definition) is 1. The second-order valence-corrected chi connectivity index (χ2v) is 9.32. The minimum absolute atomic E-state index is 0.000847. The van der Waals surface area contributed by atoms with Gasteiger partial charge in [-0.3, -0.25) is 0 Å². The Kier molecular flexibility index (Phi) is 5.46. The van der Waals surface area contributed by atoms with Gasteiger partial charge < -0.3 is 0 Å². The van der Waals surface area contributed by atoms with Crippen molar-refractivity contribution in [1.29, 1.82) is 5.41 Å². The van der Waals surface area contributed by atoms with E-state index in [0.29, 0.717) is 6.61 Å². The van der Waals surface area contributed by atoms with Crippen molar-refractivity contribution in [3.63, 3.8) is 0 Å². The zero-order chi connectivity index (χ0) is 19.8. The van der Waals surface area contributed by atoms with Gasteiger partial charge in [0.2, 0.25) is 0 Å². The molecule has 0 fully saturated rings. The number of benzene rings is 3. The van der Waals surface area contributed by atoms with Crippen molar-refractivity contribution in [3.05, 3.63) is 65.2 Å². The maximum absolute atomic E-state index is 8.68. The average Bonchev–Trinajstić information content (AvgIpc) is 2.57. The molecule has 3 rings (SSSR count). The van der Waals surface area contributed by atoms with Crippen LogP contribution in [-0.2, 0) is 4.74 Å². The van der Waals surface area contributed by atoms with Crippen LogP contribution in [0.15, 0.2) is 48.5 Å². The molecule has 3 aromatic carbocycles. The second-order valence-electron chi connectivity index (χ2n) is 8.40. The first kappa shape index (κ1) is 19.7. The van der Waals surface area contributed by atoms with E-state index in [9.17, 15) is 0 Å². The molecule has 0 saturated carbocycles. The van der Waals surface area contributed by atoms with Crippen LogP contribution in [0.2, 0.25) is 0 Å². The average molecular weight is 423 g/mol. The zero-order valence-electron chi connectivity index (χ0n) is 16.6. The Hall–Kier alpha value is -2.09. The van der Waals surface area contributed by atoms with Gasteiger partial charge in [0.05, 0.1) is 0 Å². The first-order valence-electron chi connectivity index (χ1n) is 9.19. The van der Waals surface area contributed by atoms with E-state index in [1.807, 2.05) is 6.07 Å². The van der Waals surface area contributed by atoms with Crippen LogP contribution in [0.4, 0.5) is 0 Å². The van der Waals surface area contributed by atoms with E-state index in [1.54, 1.807) is 0 Å². The molecule has 0 bridgehead atoms. The summed E-state index contributed by atoms with van der Waals surface area (Å²) in [6.07, 6.45) is 0. The van der Waals surface area contributed by atoms with Crippen molar-refractivity contribution in [2.75, 3.05) is 6.61 Å². The Labute approximate surface area is 170 Å². The molecule has 0 amide bonds. The van der Waals surface area contributed by atoms with Gasteiger partial charge in [-0.25, -0.2) is 0 Å². The first-order valence-corrected chi connectivity index (χ1v) is 10.0. The van der Waals surface area contributed by atoms with Gasteiger partial charge in [0.1, 0.15) is 0 Å². The number of rotatable bonds is 3. The van der Waals surface area contributed by atoms with Crippen molar-refractivity contribution < 1.29 is 4.74 Å². The zero-order valence-corrected chi connectivity index (χ0v) is 18.4. The Morgan fingerprint density at radius 1 is 1.00 bits per heavy atom. The topological polar surface area (TPSA) is 33.1 Å². The summed E-state index contributed by atoms with van der Waals surface area (Å²) in [5, 5.41) is 11.0. The summed E-state index contributed by atoms with van der Waals surface area (Å²) in [4.78, 5) is 0. The summed E-state index contributed by atoms with van der Waals surface area (Å²) in [6.45, 7) is 11.1. The van der Waals surface area contributed by atoms with Crippen LogP contribution in [0.5, 0.6) is 0 Å². The molecular weight excluding hydrogens is 397 g/mol. The van der Waals surface area contributed by atoms with Gasteiger partial charge in [0.15, 0.2) is 0 Å². The molecule has 3 aromatic rings. The van der Waals surface area contributed by atoms with Gasteiger partial charge >= 0.3 is 170 Å². The molecule has 0 unspecified atom stereocenters. The van der Waals surface area contributed by atoms with Crippen molar-refractivity contribution in [1.82, 2.24) is 0 Å². The molecule has 1 N–H and O–H groups in total. The van der Waals surface area contributed by atoms with Gasteiger partial charge in [-0.2, -0.15) is 0 Å². The molecule has 0 aliphatic heterocycles. The normalized spacial score (nSPS) is 11.6. The van der Waals surface area contributed by atoms with Gasteiger partial charge in [0, 0.05) is 0 Å². The van der Waals surface area contributed by atoms with Crippen LogP contribution in [-0.4, -0.2) is 28.5 Å². The van der Waals surface area contributed by atoms with Crippen molar-refractivity contribution in [3.8, 4) is 11.1 Å². The predicted octanol–water partition coefficient (Wildman–Crippen LogP) is 5.31. The number of aryl methyl sites for hydroxylation is 2. The van der Waals surface area contributed by atoms with E-state index in [4.69, 9.17) is 10.1 Å². The van der Waals surface area contributed by atoms with Gasteiger partial charge in [-0.15, -0.1) is 0 Å². The number of nitrogens with one attached hydrogen (secondary N) is 1. The molecule has 0 aromatic heterocycles. The molecule has 0 aliphatic rings. The van der Waals surface area contributed by atoms with E-state index in [2.05, 4.69) is 93.1 Å². The second kappa shape index (κ2) is 7.50. The van der Waals surface area contributed by atoms with Crippen molar-refractivity contribution in [2.24, 2.45) is 5.41 Å². The van der Waals surface area contributed by atoms with E-state index in [1.165, 1.54) is 11.1 Å². The summed E-state index contributed by atoms with van der Waals surface area (Å²) >= 11 is 3.16. The van der Waals surface area contributed by atoms with Crippen LogP contribution in [0, 0.1) is 24.7 Å². The quantitative estimate of drug-likeness (QED) is 0.346. The van der Waals surface area contributed by atoms with Crippen molar-refractivity contribution in [2.45, 2.75) is 34.6 Å². The Bertz CT molecular complexity index is 995. The van der Waals surface area contributed by atoms with Crippen molar-refractivity contribution >= 4 is 37.1 Å². The minimum atomic E-state index is 0.000847. The molecule has 0 saturated heterocycles. The molecule has 0 atom stereocenters. The number of hydrogen-bond acceptors (Lipinski definition) is 2. The molecule has 0 spiro atoms. The van der Waals surface area contributed by atoms with Crippen LogP contribution < -0.4 is 4.46 Å². The van der Waals surface area contributed by atoms with Crippen LogP contribution in [0.1, 0.15) is 37.5 Å². The predicted molar refractivity (Wildman–Crippen MR) is 116 cm³/mol. The molecule has 1 radical (unpaired) electrons. The third kappa shape index (κ3) is 4.43. The molecule has 2 nitrogen and oxygen atoms in total. The third-order valence-corrected chi connectivity index (χ3v) is 5.08. The Morgan fingerprint density at radius 3 is 2.26 bits per heavy atom.